The molecule has 6 fully saturated rings. The third-order valence-corrected chi connectivity index (χ3v) is 17.3. The second-order valence-corrected chi connectivity index (χ2v) is 19.3. The molecule has 0 saturated heterocycles. The van der Waals surface area contributed by atoms with Crippen LogP contribution in [-0.4, -0.2) is 35.7 Å². The molecule has 0 heterocycles. The summed E-state index contributed by atoms with van der Waals surface area (Å²) in [6.07, 6.45) is 22.5. The van der Waals surface area contributed by atoms with Gasteiger partial charge in [-0.25, -0.2) is 0 Å². The highest BCUT2D eigenvalue weighted by atomic mass is 16.5. The lowest BCUT2D eigenvalue weighted by Crippen LogP contribution is -2.51. The Labute approximate surface area is 300 Å². The summed E-state index contributed by atoms with van der Waals surface area (Å²) < 4.78 is 12.5. The smallest absolute Gasteiger partial charge is 0.306 e. The van der Waals surface area contributed by atoms with Gasteiger partial charge in [0.1, 0.15) is 12.2 Å². The molecule has 0 bridgehead atoms. The molecule has 12 atom stereocenters. The van der Waals surface area contributed by atoms with E-state index in [4.69, 9.17) is 9.47 Å². The van der Waals surface area contributed by atoms with Crippen LogP contribution in [0.4, 0.5) is 0 Å². The standard InChI is InChI=1S/C44H62O6/c1-41-21-17-29(45)25-27(41)9-11-31-33-13-15-37(43(33,3)23-19-35(31)41)49-39(47)7-5-6-8-40(48)50-38-16-14-34-32-12-10-28-26-30(46)18-22-42(28,2)36(32)20-24-44(34,38)4/h25-26,31-38H,5-24H2,1-4H3/t31-,32-,33-,34-,35-,36-,37-,38-,41-,42-,43-,44-/m0/s1. The average Bonchev–Trinajstić information content (AvgIpc) is 3.59. The summed E-state index contributed by atoms with van der Waals surface area (Å²) >= 11 is 0. The Balaban J connectivity index is 0.794. The summed E-state index contributed by atoms with van der Waals surface area (Å²) in [7, 11) is 0. The van der Waals surface area contributed by atoms with Crippen LogP contribution in [0.25, 0.3) is 0 Å². The van der Waals surface area contributed by atoms with Gasteiger partial charge in [-0.05, 0) is 161 Å². The number of esters is 2. The van der Waals surface area contributed by atoms with Gasteiger partial charge in [-0.15, -0.1) is 0 Å². The van der Waals surface area contributed by atoms with Crippen LogP contribution in [0.2, 0.25) is 0 Å². The Hall–Kier alpha value is -2.24. The maximum atomic E-state index is 13.1. The molecule has 0 unspecified atom stereocenters. The van der Waals surface area contributed by atoms with E-state index in [0.29, 0.717) is 85.6 Å². The van der Waals surface area contributed by atoms with Gasteiger partial charge in [0.05, 0.1) is 0 Å². The molecular weight excluding hydrogens is 624 g/mol. The van der Waals surface area contributed by atoms with E-state index in [1.54, 1.807) is 0 Å². The van der Waals surface area contributed by atoms with Crippen LogP contribution >= 0.6 is 0 Å². The topological polar surface area (TPSA) is 86.7 Å². The molecule has 0 aromatic rings. The molecule has 8 rings (SSSR count). The number of carbonyl (C=O) groups is 4. The van der Waals surface area contributed by atoms with Crippen LogP contribution in [0.5, 0.6) is 0 Å². The van der Waals surface area contributed by atoms with E-state index < -0.39 is 0 Å². The van der Waals surface area contributed by atoms with Crippen molar-refractivity contribution in [2.24, 2.45) is 57.2 Å². The van der Waals surface area contributed by atoms with Crippen molar-refractivity contribution in [2.45, 2.75) is 168 Å². The maximum absolute atomic E-state index is 13.1. The molecule has 0 radical (unpaired) electrons. The van der Waals surface area contributed by atoms with Gasteiger partial charge in [-0.3, -0.25) is 19.2 Å². The van der Waals surface area contributed by atoms with Gasteiger partial charge in [0.2, 0.25) is 0 Å². The molecule has 6 nitrogen and oxygen atoms in total. The third-order valence-electron chi connectivity index (χ3n) is 17.3. The number of hydrogen-bond donors (Lipinski definition) is 0. The predicted molar refractivity (Wildman–Crippen MR) is 192 cm³/mol. The maximum Gasteiger partial charge on any atom is 0.306 e. The molecule has 8 aliphatic rings. The van der Waals surface area contributed by atoms with E-state index in [0.717, 1.165) is 77.0 Å². The fraction of sp³-hybridized carbons (Fsp3) is 0.818. The molecule has 8 aliphatic carbocycles. The largest absolute Gasteiger partial charge is 0.462 e. The Morgan fingerprint density at radius 2 is 0.980 bits per heavy atom. The van der Waals surface area contributed by atoms with E-state index in [1.165, 1.54) is 24.0 Å². The number of rotatable bonds is 7. The van der Waals surface area contributed by atoms with Crippen molar-refractivity contribution < 1.29 is 28.7 Å². The Morgan fingerprint density at radius 1 is 0.560 bits per heavy atom. The van der Waals surface area contributed by atoms with Gasteiger partial charge in [0, 0.05) is 36.5 Å². The van der Waals surface area contributed by atoms with Crippen molar-refractivity contribution in [2.75, 3.05) is 0 Å². The van der Waals surface area contributed by atoms with E-state index in [1.807, 2.05) is 12.2 Å². The predicted octanol–water partition coefficient (Wildman–Crippen LogP) is 9.43. The van der Waals surface area contributed by atoms with Gasteiger partial charge in [-0.1, -0.05) is 38.8 Å². The first-order chi connectivity index (χ1) is 23.8. The van der Waals surface area contributed by atoms with Gasteiger partial charge in [0.25, 0.3) is 0 Å². The quantitative estimate of drug-likeness (QED) is 0.196. The van der Waals surface area contributed by atoms with Crippen molar-refractivity contribution in [3.8, 4) is 0 Å². The van der Waals surface area contributed by atoms with Crippen molar-refractivity contribution in [3.63, 3.8) is 0 Å². The van der Waals surface area contributed by atoms with Crippen LogP contribution in [0, 0.1) is 57.2 Å². The number of unbranched alkanes of at least 4 members (excludes halogenated alkanes) is 1. The van der Waals surface area contributed by atoms with Crippen molar-refractivity contribution in [1.82, 2.24) is 0 Å². The number of carbonyl (C=O) groups excluding carboxylic acids is 4. The van der Waals surface area contributed by atoms with Gasteiger partial charge in [-0.2, -0.15) is 0 Å². The van der Waals surface area contributed by atoms with Crippen molar-refractivity contribution in [3.05, 3.63) is 23.3 Å². The lowest BCUT2D eigenvalue weighted by Gasteiger charge is -2.57. The fourth-order valence-electron chi connectivity index (χ4n) is 14.4. The molecular formula is C44H62O6. The van der Waals surface area contributed by atoms with Crippen LogP contribution in [0.1, 0.15) is 156 Å². The summed E-state index contributed by atoms with van der Waals surface area (Å²) in [5, 5.41) is 0. The van der Waals surface area contributed by atoms with Crippen molar-refractivity contribution in [1.29, 1.82) is 0 Å². The molecule has 0 aromatic heterocycles. The molecule has 6 saturated carbocycles. The molecule has 6 heteroatoms. The van der Waals surface area contributed by atoms with E-state index in [-0.39, 0.29) is 45.8 Å². The minimum absolute atomic E-state index is 0.00953. The summed E-state index contributed by atoms with van der Waals surface area (Å²) in [5.74, 6) is 4.18. The SMILES string of the molecule is C[C@]12CC[C@H]3[C@@H](CCC4=CC(=O)CC[C@@]43C)[C@@H]1CC[C@@H]2OC(=O)CCCCC(=O)O[C@H]1CC[C@H]2[C@@H]3CCC4=CC(=O)CC[C@]4(C)[C@H]3CC[C@]12C. The fourth-order valence-corrected chi connectivity index (χ4v) is 14.4. The Kier molecular flexibility index (Phi) is 8.85. The number of hydrogen-bond acceptors (Lipinski definition) is 6. The molecule has 0 amide bonds. The lowest BCUT2D eigenvalue weighted by molar-refractivity contribution is -0.162. The first-order valence-corrected chi connectivity index (χ1v) is 20.7. The summed E-state index contributed by atoms with van der Waals surface area (Å²) in [5.41, 5.74) is 3.23. The minimum Gasteiger partial charge on any atom is -0.462 e. The molecule has 0 spiro atoms. The monoisotopic (exact) mass is 686 g/mol. The van der Waals surface area contributed by atoms with Gasteiger partial charge in [0.15, 0.2) is 11.6 Å². The average molecular weight is 687 g/mol. The Bertz CT molecular complexity index is 1380. The van der Waals surface area contributed by atoms with E-state index >= 15 is 0 Å². The summed E-state index contributed by atoms with van der Waals surface area (Å²) in [6, 6.07) is 0. The Morgan fingerprint density at radius 3 is 1.40 bits per heavy atom. The molecule has 0 aromatic carbocycles. The van der Waals surface area contributed by atoms with Gasteiger partial charge < -0.3 is 9.47 Å². The molecule has 274 valence electrons. The highest BCUT2D eigenvalue weighted by molar-refractivity contribution is 5.92. The van der Waals surface area contributed by atoms with Crippen LogP contribution in [0.15, 0.2) is 23.3 Å². The first kappa shape index (κ1) is 34.8. The zero-order valence-electron chi connectivity index (χ0n) is 31.4. The normalized spacial score (nSPS) is 46.2. The molecule has 0 aliphatic heterocycles. The lowest BCUT2D eigenvalue weighted by atomic mass is 9.47. The highest BCUT2D eigenvalue weighted by Gasteiger charge is 2.61. The second-order valence-electron chi connectivity index (χ2n) is 19.3. The van der Waals surface area contributed by atoms with Crippen molar-refractivity contribution >= 4 is 23.5 Å². The number of ketones is 2. The summed E-state index contributed by atoms with van der Waals surface area (Å²) in [6.45, 7) is 9.62. The van der Waals surface area contributed by atoms with E-state index in [2.05, 4.69) is 27.7 Å². The summed E-state index contributed by atoms with van der Waals surface area (Å²) in [4.78, 5) is 50.6. The van der Waals surface area contributed by atoms with E-state index in [9.17, 15) is 19.2 Å². The van der Waals surface area contributed by atoms with Crippen LogP contribution in [0.3, 0.4) is 0 Å². The number of ether oxygens (including phenoxy) is 2. The number of fused-ring (bicyclic) bond motifs is 10. The number of allylic oxidation sites excluding steroid dienone is 2. The third kappa shape index (κ3) is 5.53. The highest BCUT2D eigenvalue weighted by Crippen LogP contribution is 2.67. The first-order valence-electron chi connectivity index (χ1n) is 20.7. The van der Waals surface area contributed by atoms with Gasteiger partial charge >= 0.3 is 11.9 Å². The zero-order valence-corrected chi connectivity index (χ0v) is 31.4. The minimum atomic E-state index is -0.108. The molecule has 50 heavy (non-hydrogen) atoms. The van der Waals surface area contributed by atoms with Crippen LogP contribution in [-0.2, 0) is 28.7 Å². The zero-order chi connectivity index (χ0) is 35.1. The molecule has 0 N–H and O–H groups in total. The van der Waals surface area contributed by atoms with Crippen LogP contribution < -0.4 is 0 Å². The second kappa shape index (κ2) is 12.7.